The Labute approximate surface area is 180 Å². The molecule has 28 heavy (non-hydrogen) atoms. The zero-order valence-corrected chi connectivity index (χ0v) is 19.2. The van der Waals surface area contributed by atoms with E-state index in [0.29, 0.717) is 10.0 Å². The summed E-state index contributed by atoms with van der Waals surface area (Å²) in [5.74, 6) is -0.442. The number of anilines is 1. The van der Waals surface area contributed by atoms with Crippen LogP contribution in [0.2, 0.25) is 0 Å². The molecule has 0 saturated carbocycles. The van der Waals surface area contributed by atoms with Crippen LogP contribution in [0.3, 0.4) is 0 Å². The molecule has 1 aliphatic heterocycles. The largest absolute Gasteiger partial charge is 0.373 e. The third-order valence-electron chi connectivity index (χ3n) is 4.19. The Morgan fingerprint density at radius 2 is 2.07 bits per heavy atom. The van der Waals surface area contributed by atoms with E-state index < -0.39 is 0 Å². The number of ether oxygens (including phenoxy) is 1. The van der Waals surface area contributed by atoms with Gasteiger partial charge in [-0.15, -0.1) is 22.7 Å². The Balaban J connectivity index is 1.50. The molecule has 3 heterocycles. The summed E-state index contributed by atoms with van der Waals surface area (Å²) in [6, 6.07) is 3.56. The lowest BCUT2D eigenvalue weighted by atomic mass is 10.2. The van der Waals surface area contributed by atoms with Gasteiger partial charge >= 0.3 is 0 Å². The SMILES string of the molecule is CC1CN(Cc2csc(NC(=O)CN(C)C(=O)c3ccc(Br)s3)n2)CC(C)O1. The Kier molecular flexibility index (Phi) is 7.21. The van der Waals surface area contributed by atoms with E-state index in [2.05, 4.69) is 45.0 Å². The molecule has 2 unspecified atom stereocenters. The minimum absolute atomic E-state index is 0.0260. The van der Waals surface area contributed by atoms with Crippen LogP contribution in [0, 0.1) is 0 Å². The topological polar surface area (TPSA) is 74.8 Å². The highest BCUT2D eigenvalue weighted by Gasteiger charge is 2.23. The number of carbonyl (C=O) groups excluding carboxylic acids is 2. The van der Waals surface area contributed by atoms with Gasteiger partial charge < -0.3 is 15.0 Å². The molecule has 3 rings (SSSR count). The van der Waals surface area contributed by atoms with Crippen LogP contribution in [0.4, 0.5) is 5.13 Å². The van der Waals surface area contributed by atoms with Gasteiger partial charge in [0.2, 0.25) is 5.91 Å². The van der Waals surface area contributed by atoms with Crippen LogP contribution in [0.25, 0.3) is 0 Å². The lowest BCUT2D eigenvalue weighted by Crippen LogP contribution is -2.44. The van der Waals surface area contributed by atoms with Crippen molar-refractivity contribution in [1.29, 1.82) is 0 Å². The normalized spacial score (nSPS) is 20.1. The van der Waals surface area contributed by atoms with Gasteiger partial charge in [-0.2, -0.15) is 0 Å². The van der Waals surface area contributed by atoms with Crippen LogP contribution < -0.4 is 5.32 Å². The number of carbonyl (C=O) groups is 2. The zero-order chi connectivity index (χ0) is 20.3. The molecular formula is C18H23BrN4O3S2. The zero-order valence-electron chi connectivity index (χ0n) is 16.0. The standard InChI is InChI=1S/C18H23BrN4O3S2/c1-11-6-23(7-12(2)26-11)8-13-10-27-18(20-13)21-16(24)9-22(3)17(25)14-4-5-15(19)28-14/h4-5,10-12H,6-9H2,1-3H3,(H,20,21,24). The first kappa shape index (κ1) is 21.4. The molecule has 10 heteroatoms. The van der Waals surface area contributed by atoms with Crippen molar-refractivity contribution < 1.29 is 14.3 Å². The van der Waals surface area contributed by atoms with Gasteiger partial charge in [0.1, 0.15) is 0 Å². The molecule has 0 radical (unpaired) electrons. The maximum absolute atomic E-state index is 12.3. The van der Waals surface area contributed by atoms with Crippen molar-refractivity contribution >= 4 is 55.5 Å². The molecule has 0 aliphatic carbocycles. The number of morpholine rings is 1. The number of nitrogens with one attached hydrogen (secondary N) is 1. The molecule has 152 valence electrons. The van der Waals surface area contributed by atoms with Crippen LogP contribution in [0.1, 0.15) is 29.2 Å². The Bertz CT molecular complexity index is 830. The fourth-order valence-electron chi connectivity index (χ4n) is 3.14. The first-order valence-electron chi connectivity index (χ1n) is 8.93. The molecule has 1 N–H and O–H groups in total. The number of thiophene rings is 1. The van der Waals surface area contributed by atoms with Gasteiger partial charge in [-0.3, -0.25) is 14.5 Å². The molecule has 7 nitrogen and oxygen atoms in total. The van der Waals surface area contributed by atoms with Crippen LogP contribution in [-0.4, -0.2) is 65.5 Å². The predicted octanol–water partition coefficient (Wildman–Crippen LogP) is 3.29. The fourth-order valence-corrected chi connectivity index (χ4v) is 5.24. The first-order chi connectivity index (χ1) is 13.3. The molecule has 2 aromatic rings. The van der Waals surface area contributed by atoms with Gasteiger partial charge in [0.25, 0.3) is 5.91 Å². The third kappa shape index (κ3) is 5.84. The average molecular weight is 487 g/mol. The van der Waals surface area contributed by atoms with E-state index in [1.807, 2.05) is 11.4 Å². The number of likely N-dealkylation sites (N-methyl/N-ethyl adjacent to an activating group) is 1. The maximum atomic E-state index is 12.3. The van der Waals surface area contributed by atoms with Crippen molar-refractivity contribution in [3.63, 3.8) is 0 Å². The lowest BCUT2D eigenvalue weighted by molar-refractivity contribution is -0.116. The van der Waals surface area contributed by atoms with Crippen molar-refractivity contribution in [2.75, 3.05) is 32.0 Å². The lowest BCUT2D eigenvalue weighted by Gasteiger charge is -2.34. The molecule has 2 aromatic heterocycles. The molecule has 0 aromatic carbocycles. The smallest absolute Gasteiger partial charge is 0.264 e. The number of hydrogen-bond acceptors (Lipinski definition) is 7. The number of amides is 2. The number of aromatic nitrogens is 1. The molecule has 1 aliphatic rings. The van der Waals surface area contributed by atoms with Crippen molar-refractivity contribution in [1.82, 2.24) is 14.8 Å². The number of rotatable bonds is 6. The fraction of sp³-hybridized carbons (Fsp3) is 0.500. The highest BCUT2D eigenvalue weighted by atomic mass is 79.9. The highest BCUT2D eigenvalue weighted by molar-refractivity contribution is 9.11. The van der Waals surface area contributed by atoms with Crippen LogP contribution in [0.5, 0.6) is 0 Å². The summed E-state index contributed by atoms with van der Waals surface area (Å²) in [6.07, 6.45) is 0.414. The van der Waals surface area contributed by atoms with Crippen molar-refractivity contribution in [3.05, 3.63) is 31.9 Å². The minimum atomic E-state index is -0.263. The van der Waals surface area contributed by atoms with Gasteiger partial charge in [-0.05, 0) is 41.9 Å². The monoisotopic (exact) mass is 486 g/mol. The number of nitrogens with zero attached hydrogens (tertiary/aromatic N) is 3. The second-order valence-electron chi connectivity index (χ2n) is 6.91. The Hall–Kier alpha value is -1.33. The van der Waals surface area contributed by atoms with E-state index in [0.717, 1.165) is 29.1 Å². The molecular weight excluding hydrogens is 464 g/mol. The van der Waals surface area contributed by atoms with E-state index in [4.69, 9.17) is 4.74 Å². The van der Waals surface area contributed by atoms with Crippen molar-refractivity contribution in [3.8, 4) is 0 Å². The molecule has 0 spiro atoms. The Morgan fingerprint density at radius 1 is 1.36 bits per heavy atom. The second-order valence-corrected chi connectivity index (χ2v) is 10.2. The van der Waals surface area contributed by atoms with Gasteiger partial charge in [0, 0.05) is 32.1 Å². The first-order valence-corrected chi connectivity index (χ1v) is 11.4. The number of thiazole rings is 1. The number of halogens is 1. The van der Waals surface area contributed by atoms with E-state index in [1.165, 1.54) is 27.6 Å². The van der Waals surface area contributed by atoms with Crippen LogP contribution in [0.15, 0.2) is 21.3 Å². The van der Waals surface area contributed by atoms with E-state index >= 15 is 0 Å². The second kappa shape index (κ2) is 9.45. The van der Waals surface area contributed by atoms with Crippen molar-refractivity contribution in [2.45, 2.75) is 32.6 Å². The maximum Gasteiger partial charge on any atom is 0.264 e. The average Bonchev–Trinajstić information content (AvgIpc) is 3.22. The summed E-state index contributed by atoms with van der Waals surface area (Å²) in [7, 11) is 1.61. The molecule has 0 bridgehead atoms. The van der Waals surface area contributed by atoms with Crippen molar-refractivity contribution in [2.24, 2.45) is 0 Å². The summed E-state index contributed by atoms with van der Waals surface area (Å²) in [5, 5.41) is 5.29. The summed E-state index contributed by atoms with van der Waals surface area (Å²) < 4.78 is 6.63. The Morgan fingerprint density at radius 3 is 2.71 bits per heavy atom. The minimum Gasteiger partial charge on any atom is -0.373 e. The molecule has 2 amide bonds. The van der Waals surface area contributed by atoms with Crippen LogP contribution in [-0.2, 0) is 16.1 Å². The molecule has 1 saturated heterocycles. The molecule has 1 fully saturated rings. The van der Waals surface area contributed by atoms with E-state index in [-0.39, 0.29) is 30.6 Å². The van der Waals surface area contributed by atoms with Gasteiger partial charge in [-0.1, -0.05) is 0 Å². The summed E-state index contributed by atoms with van der Waals surface area (Å²) in [4.78, 5) is 33.4. The number of hydrogen-bond donors (Lipinski definition) is 1. The van der Waals surface area contributed by atoms with Gasteiger partial charge in [-0.25, -0.2) is 4.98 Å². The summed E-state index contributed by atoms with van der Waals surface area (Å²) in [6.45, 7) is 6.59. The third-order valence-corrected chi connectivity index (χ3v) is 6.61. The summed E-state index contributed by atoms with van der Waals surface area (Å²) >= 11 is 6.08. The van der Waals surface area contributed by atoms with Gasteiger partial charge in [0.15, 0.2) is 5.13 Å². The quantitative estimate of drug-likeness (QED) is 0.677. The summed E-state index contributed by atoms with van der Waals surface area (Å²) in [5.41, 5.74) is 0.925. The predicted molar refractivity (Wildman–Crippen MR) is 115 cm³/mol. The van der Waals surface area contributed by atoms with E-state index in [1.54, 1.807) is 13.1 Å². The van der Waals surface area contributed by atoms with Gasteiger partial charge in [0.05, 0.1) is 33.1 Å². The molecule has 2 atom stereocenters. The van der Waals surface area contributed by atoms with E-state index in [9.17, 15) is 9.59 Å². The highest BCUT2D eigenvalue weighted by Crippen LogP contribution is 2.23. The van der Waals surface area contributed by atoms with Crippen LogP contribution >= 0.6 is 38.6 Å².